The molecule has 0 aliphatic heterocycles. The predicted molar refractivity (Wildman–Crippen MR) is 123 cm³/mol. The van der Waals surface area contributed by atoms with Crippen molar-refractivity contribution in [3.05, 3.63) is 55.3 Å². The van der Waals surface area contributed by atoms with Crippen molar-refractivity contribution in [3.63, 3.8) is 0 Å². The summed E-state index contributed by atoms with van der Waals surface area (Å²) in [5, 5.41) is 3.05. The second-order valence-corrected chi connectivity index (χ2v) is 10.6. The number of nitroso groups, excluding NO2 is 1. The maximum atomic E-state index is 12.0. The molecule has 5 nitrogen and oxygen atoms in total. The summed E-state index contributed by atoms with van der Waals surface area (Å²) in [6, 6.07) is 8.69. The quantitative estimate of drug-likeness (QED) is 0.286. The van der Waals surface area contributed by atoms with Gasteiger partial charge in [-0.25, -0.2) is 0 Å². The monoisotopic (exact) mass is 533 g/mol. The number of ether oxygens (including phenoxy) is 1. The molecule has 0 aliphatic carbocycles. The molecule has 0 heterocycles. The van der Waals surface area contributed by atoms with Crippen LogP contribution in [0.1, 0.15) is 51.7 Å². The second-order valence-electron chi connectivity index (χ2n) is 6.28. The van der Waals surface area contributed by atoms with E-state index >= 15 is 0 Å². The van der Waals surface area contributed by atoms with Gasteiger partial charge in [0.15, 0.2) is 5.75 Å². The number of hydrogen-bond acceptors (Lipinski definition) is 4. The molecule has 28 heavy (non-hydrogen) atoms. The Kier molecular flexibility index (Phi) is 10.1. The van der Waals surface area contributed by atoms with Crippen LogP contribution < -0.4 is 4.74 Å². The first-order valence-corrected chi connectivity index (χ1v) is 12.7. The zero-order valence-electron chi connectivity index (χ0n) is 16.7. The minimum atomic E-state index is -3.17. The van der Waals surface area contributed by atoms with E-state index in [0.717, 1.165) is 11.1 Å². The Morgan fingerprint density at radius 3 is 2.18 bits per heavy atom. The van der Waals surface area contributed by atoms with Crippen molar-refractivity contribution in [2.45, 2.75) is 46.7 Å². The third kappa shape index (κ3) is 6.80. The van der Waals surface area contributed by atoms with Gasteiger partial charge in [-0.15, -0.1) is 4.91 Å². The Balaban J connectivity index is 0.00000190. The standard InChI is InChI=1S/C18H20Br2NO4P.C2H6/c1-4-26(23,24)10-12-7-15(19)18(16(20)8-12)25-13-5-6-17(21-22)14(9-13)11(2)3;1-2/h5-9,11H,4,10H2,1-3H3,(H,23,24);1-2H3. The van der Waals surface area contributed by atoms with E-state index in [4.69, 9.17) is 4.74 Å². The lowest BCUT2D eigenvalue weighted by Crippen LogP contribution is -1.95. The van der Waals surface area contributed by atoms with Crippen LogP contribution in [-0.4, -0.2) is 11.1 Å². The maximum absolute atomic E-state index is 12.0. The van der Waals surface area contributed by atoms with Gasteiger partial charge >= 0.3 is 0 Å². The fraction of sp³-hybridized carbons (Fsp3) is 0.400. The van der Waals surface area contributed by atoms with Crippen LogP contribution in [0.4, 0.5) is 5.69 Å². The molecule has 2 aromatic carbocycles. The second kappa shape index (κ2) is 11.2. The summed E-state index contributed by atoms with van der Waals surface area (Å²) < 4.78 is 19.3. The first-order chi connectivity index (χ1) is 13.2. The van der Waals surface area contributed by atoms with Crippen molar-refractivity contribution < 1.29 is 14.2 Å². The van der Waals surface area contributed by atoms with Gasteiger partial charge in [0.05, 0.1) is 8.95 Å². The van der Waals surface area contributed by atoms with Gasteiger partial charge in [-0.2, -0.15) is 0 Å². The SMILES string of the molecule is CC.CCP(=O)(O)Cc1cc(Br)c(Oc2ccc(N=O)c(C(C)C)c2)c(Br)c1. The predicted octanol–water partition coefficient (Wildman–Crippen LogP) is 8.34. The molecular formula is C20H26Br2NO4P. The Morgan fingerprint density at radius 1 is 1.14 bits per heavy atom. The van der Waals surface area contributed by atoms with Gasteiger partial charge in [-0.05, 0) is 84.4 Å². The van der Waals surface area contributed by atoms with E-state index in [1.807, 2.05) is 27.7 Å². The molecule has 0 aliphatic rings. The topological polar surface area (TPSA) is 76.0 Å². The highest BCUT2D eigenvalue weighted by Gasteiger charge is 2.19. The normalized spacial score (nSPS) is 12.8. The Hall–Kier alpha value is -1.01. The molecule has 0 spiro atoms. The van der Waals surface area contributed by atoms with Crippen LogP contribution in [0.2, 0.25) is 0 Å². The summed E-state index contributed by atoms with van der Waals surface area (Å²) in [4.78, 5) is 20.8. The summed E-state index contributed by atoms with van der Waals surface area (Å²) in [7, 11) is -3.17. The van der Waals surface area contributed by atoms with Crippen LogP contribution in [-0.2, 0) is 10.7 Å². The molecule has 0 fully saturated rings. The molecule has 1 unspecified atom stereocenters. The highest BCUT2D eigenvalue weighted by molar-refractivity contribution is 9.11. The van der Waals surface area contributed by atoms with Crippen molar-refractivity contribution in [2.75, 3.05) is 6.16 Å². The average molecular weight is 535 g/mol. The summed E-state index contributed by atoms with van der Waals surface area (Å²) >= 11 is 6.93. The van der Waals surface area contributed by atoms with Crippen molar-refractivity contribution in [1.29, 1.82) is 0 Å². The first kappa shape index (κ1) is 25.0. The summed E-state index contributed by atoms with van der Waals surface area (Å²) in [6.07, 6.45) is 0.341. The highest BCUT2D eigenvalue weighted by Crippen LogP contribution is 2.46. The van der Waals surface area contributed by atoms with Crippen molar-refractivity contribution >= 4 is 44.9 Å². The molecule has 0 bridgehead atoms. The molecule has 1 atom stereocenters. The van der Waals surface area contributed by atoms with Crippen LogP contribution in [0.5, 0.6) is 11.5 Å². The zero-order chi connectivity index (χ0) is 21.5. The van der Waals surface area contributed by atoms with Crippen molar-refractivity contribution in [2.24, 2.45) is 5.18 Å². The first-order valence-electron chi connectivity index (χ1n) is 9.10. The minimum Gasteiger partial charge on any atom is -0.455 e. The molecule has 0 aromatic heterocycles. The summed E-state index contributed by atoms with van der Waals surface area (Å²) in [5.41, 5.74) is 1.96. The van der Waals surface area contributed by atoms with E-state index in [9.17, 15) is 14.4 Å². The van der Waals surface area contributed by atoms with Gasteiger partial charge in [-0.1, -0.05) is 34.6 Å². The average Bonchev–Trinajstić information content (AvgIpc) is 2.65. The number of hydrogen-bond donors (Lipinski definition) is 1. The Morgan fingerprint density at radius 2 is 1.71 bits per heavy atom. The third-order valence-electron chi connectivity index (χ3n) is 3.92. The van der Waals surface area contributed by atoms with Crippen LogP contribution >= 0.6 is 39.2 Å². The van der Waals surface area contributed by atoms with Crippen LogP contribution in [0, 0.1) is 4.91 Å². The molecule has 2 rings (SSSR count). The molecule has 0 saturated heterocycles. The Bertz CT molecular complexity index is 848. The van der Waals surface area contributed by atoms with E-state index in [0.29, 0.717) is 26.1 Å². The van der Waals surface area contributed by atoms with Gasteiger partial charge in [0, 0.05) is 12.3 Å². The van der Waals surface area contributed by atoms with Crippen LogP contribution in [0.3, 0.4) is 0 Å². The summed E-state index contributed by atoms with van der Waals surface area (Å²) in [5.74, 6) is 1.27. The fourth-order valence-corrected chi connectivity index (χ4v) is 4.88. The molecule has 0 amide bonds. The fourth-order valence-electron chi connectivity index (χ4n) is 2.46. The van der Waals surface area contributed by atoms with Gasteiger partial charge in [0.25, 0.3) is 0 Å². The Labute approximate surface area is 183 Å². The van der Waals surface area contributed by atoms with E-state index < -0.39 is 7.37 Å². The lowest BCUT2D eigenvalue weighted by Gasteiger charge is -2.15. The molecule has 0 saturated carbocycles. The summed E-state index contributed by atoms with van der Waals surface area (Å²) in [6.45, 7) is 9.66. The molecule has 2 aromatic rings. The van der Waals surface area contributed by atoms with Gasteiger partial charge < -0.3 is 9.63 Å². The van der Waals surface area contributed by atoms with Crippen molar-refractivity contribution in [1.82, 2.24) is 0 Å². The van der Waals surface area contributed by atoms with Gasteiger partial charge in [0.2, 0.25) is 7.37 Å². The van der Waals surface area contributed by atoms with E-state index in [1.165, 1.54) is 0 Å². The van der Waals surface area contributed by atoms with E-state index in [2.05, 4.69) is 37.0 Å². The molecule has 0 radical (unpaired) electrons. The lowest BCUT2D eigenvalue weighted by molar-refractivity contribution is 0.473. The number of nitrogens with zero attached hydrogens (tertiary/aromatic N) is 1. The van der Waals surface area contributed by atoms with E-state index in [-0.39, 0.29) is 18.2 Å². The van der Waals surface area contributed by atoms with Crippen molar-refractivity contribution in [3.8, 4) is 11.5 Å². The lowest BCUT2D eigenvalue weighted by atomic mass is 10.0. The van der Waals surface area contributed by atoms with E-state index in [1.54, 1.807) is 37.3 Å². The number of rotatable bonds is 7. The van der Waals surface area contributed by atoms with Gasteiger partial charge in [0.1, 0.15) is 11.4 Å². The minimum absolute atomic E-state index is 0.109. The third-order valence-corrected chi connectivity index (χ3v) is 6.95. The van der Waals surface area contributed by atoms with Gasteiger partial charge in [-0.3, -0.25) is 4.57 Å². The number of benzene rings is 2. The number of halogens is 2. The molecule has 8 heteroatoms. The smallest absolute Gasteiger partial charge is 0.204 e. The molecule has 1 N–H and O–H groups in total. The largest absolute Gasteiger partial charge is 0.455 e. The molecular weight excluding hydrogens is 509 g/mol. The zero-order valence-corrected chi connectivity index (χ0v) is 20.8. The highest BCUT2D eigenvalue weighted by atomic mass is 79.9. The maximum Gasteiger partial charge on any atom is 0.204 e. The molecule has 154 valence electrons. The van der Waals surface area contributed by atoms with Crippen LogP contribution in [0.15, 0.2) is 44.5 Å². The van der Waals surface area contributed by atoms with Crippen LogP contribution in [0.25, 0.3) is 0 Å².